The summed E-state index contributed by atoms with van der Waals surface area (Å²) in [6, 6.07) is 4.99. The summed E-state index contributed by atoms with van der Waals surface area (Å²) in [4.78, 5) is 14.1. The molecule has 8 heteroatoms. The van der Waals surface area contributed by atoms with E-state index in [9.17, 15) is 13.2 Å². The van der Waals surface area contributed by atoms with E-state index in [0.29, 0.717) is 19.8 Å². The molecule has 7 nitrogen and oxygen atoms in total. The normalized spacial score (nSPS) is 21.3. The van der Waals surface area contributed by atoms with E-state index in [1.807, 2.05) is 6.92 Å². The second kappa shape index (κ2) is 6.56. The molecule has 126 valence electrons. The Morgan fingerprint density at radius 3 is 2.96 bits per heavy atom. The number of benzene rings is 1. The first kappa shape index (κ1) is 16.4. The highest BCUT2D eigenvalue weighted by Gasteiger charge is 2.25. The number of piperazine rings is 1. The molecule has 2 aliphatic heterocycles. The van der Waals surface area contributed by atoms with Gasteiger partial charge in [-0.15, -0.1) is 0 Å². The first-order valence-electron chi connectivity index (χ1n) is 7.67. The number of fused-ring (bicyclic) bond motifs is 1. The van der Waals surface area contributed by atoms with Crippen molar-refractivity contribution in [2.24, 2.45) is 0 Å². The molecule has 1 amide bonds. The van der Waals surface area contributed by atoms with Crippen LogP contribution >= 0.6 is 0 Å². The number of hydrogen-bond donors (Lipinski definition) is 2. The van der Waals surface area contributed by atoms with Crippen LogP contribution in [0.2, 0.25) is 0 Å². The highest BCUT2D eigenvalue weighted by Crippen LogP contribution is 2.22. The van der Waals surface area contributed by atoms with E-state index in [1.165, 1.54) is 0 Å². The van der Waals surface area contributed by atoms with Gasteiger partial charge in [-0.2, -0.15) is 0 Å². The van der Waals surface area contributed by atoms with E-state index in [2.05, 4.69) is 10.0 Å². The molecule has 0 saturated carbocycles. The lowest BCUT2D eigenvalue weighted by molar-refractivity contribution is -0.132. The van der Waals surface area contributed by atoms with Gasteiger partial charge in [0.15, 0.2) is 0 Å². The molecule has 0 aliphatic carbocycles. The van der Waals surface area contributed by atoms with Crippen molar-refractivity contribution in [2.75, 3.05) is 26.2 Å². The maximum atomic E-state index is 12.4. The van der Waals surface area contributed by atoms with Crippen LogP contribution in [-0.2, 0) is 32.8 Å². The van der Waals surface area contributed by atoms with Crippen molar-refractivity contribution in [3.8, 4) is 0 Å². The van der Waals surface area contributed by atoms with E-state index in [-0.39, 0.29) is 23.4 Å². The van der Waals surface area contributed by atoms with E-state index < -0.39 is 10.0 Å². The van der Waals surface area contributed by atoms with Crippen molar-refractivity contribution in [3.05, 3.63) is 29.3 Å². The highest BCUT2D eigenvalue weighted by molar-refractivity contribution is 7.89. The van der Waals surface area contributed by atoms with E-state index in [1.54, 1.807) is 23.1 Å². The lowest BCUT2D eigenvalue weighted by Gasteiger charge is -2.34. The Morgan fingerprint density at radius 2 is 2.17 bits per heavy atom. The van der Waals surface area contributed by atoms with E-state index in [0.717, 1.165) is 24.2 Å². The van der Waals surface area contributed by atoms with Gasteiger partial charge in [0.05, 0.1) is 24.7 Å². The number of carbonyl (C=O) groups excluding carboxylic acids is 1. The molecular weight excluding hydrogens is 318 g/mol. The van der Waals surface area contributed by atoms with E-state index >= 15 is 0 Å². The molecule has 23 heavy (non-hydrogen) atoms. The van der Waals surface area contributed by atoms with Gasteiger partial charge in [0.2, 0.25) is 15.9 Å². The SMILES string of the molecule is C[C@H]1CNCCN1C(=O)CNS(=O)(=O)c1ccc2c(c1)COC2. The average molecular weight is 339 g/mol. The first-order chi connectivity index (χ1) is 11.0. The van der Waals surface area contributed by atoms with Gasteiger partial charge in [0.1, 0.15) is 0 Å². The first-order valence-corrected chi connectivity index (χ1v) is 9.15. The molecular formula is C15H21N3O4S. The van der Waals surface area contributed by atoms with Crippen LogP contribution in [0, 0.1) is 0 Å². The lowest BCUT2D eigenvalue weighted by Crippen LogP contribution is -2.54. The topological polar surface area (TPSA) is 87.7 Å². The third-order valence-corrected chi connectivity index (χ3v) is 5.64. The van der Waals surface area contributed by atoms with Gasteiger partial charge >= 0.3 is 0 Å². The van der Waals surface area contributed by atoms with Crippen LogP contribution in [0.3, 0.4) is 0 Å². The summed E-state index contributed by atoms with van der Waals surface area (Å²) in [5.74, 6) is -0.202. The summed E-state index contributed by atoms with van der Waals surface area (Å²) in [7, 11) is -3.70. The second-order valence-electron chi connectivity index (χ2n) is 5.89. The van der Waals surface area contributed by atoms with Crippen LogP contribution in [0.15, 0.2) is 23.1 Å². The number of amides is 1. The van der Waals surface area contributed by atoms with Gasteiger partial charge in [-0.1, -0.05) is 6.07 Å². The molecule has 2 aliphatic rings. The van der Waals surface area contributed by atoms with Gasteiger partial charge in [0.25, 0.3) is 0 Å². The van der Waals surface area contributed by atoms with Crippen LogP contribution in [-0.4, -0.2) is 51.4 Å². The largest absolute Gasteiger partial charge is 0.372 e. The summed E-state index contributed by atoms with van der Waals surface area (Å²) in [6.45, 7) is 4.71. The molecule has 0 radical (unpaired) electrons. The predicted octanol–water partition coefficient (Wildman–Crippen LogP) is -0.185. The van der Waals surface area contributed by atoms with Crippen molar-refractivity contribution in [3.63, 3.8) is 0 Å². The fraction of sp³-hybridized carbons (Fsp3) is 0.533. The molecule has 0 bridgehead atoms. The van der Waals surface area contributed by atoms with Crippen LogP contribution in [0.25, 0.3) is 0 Å². The van der Waals surface area contributed by atoms with Crippen LogP contribution in [0.1, 0.15) is 18.1 Å². The smallest absolute Gasteiger partial charge is 0.241 e. The summed E-state index contributed by atoms with van der Waals surface area (Å²) in [5, 5.41) is 3.20. The summed E-state index contributed by atoms with van der Waals surface area (Å²) in [5.41, 5.74) is 1.89. The fourth-order valence-corrected chi connectivity index (χ4v) is 3.89. The maximum absolute atomic E-state index is 12.4. The molecule has 0 unspecified atom stereocenters. The molecule has 0 spiro atoms. The monoisotopic (exact) mass is 339 g/mol. The Kier molecular flexibility index (Phi) is 4.67. The number of carbonyl (C=O) groups is 1. The van der Waals surface area contributed by atoms with Gasteiger partial charge < -0.3 is 15.0 Å². The number of nitrogens with zero attached hydrogens (tertiary/aromatic N) is 1. The number of rotatable bonds is 4. The van der Waals surface area contributed by atoms with Crippen molar-refractivity contribution in [2.45, 2.75) is 31.1 Å². The third kappa shape index (κ3) is 3.55. The summed E-state index contributed by atoms with van der Waals surface area (Å²) >= 11 is 0. The Bertz CT molecular complexity index is 705. The second-order valence-corrected chi connectivity index (χ2v) is 7.66. The van der Waals surface area contributed by atoms with Gasteiger partial charge in [-0.05, 0) is 30.2 Å². The van der Waals surface area contributed by atoms with Crippen LogP contribution in [0.4, 0.5) is 0 Å². The predicted molar refractivity (Wildman–Crippen MR) is 84.2 cm³/mol. The lowest BCUT2D eigenvalue weighted by atomic mass is 10.1. The van der Waals surface area contributed by atoms with Gasteiger partial charge in [0, 0.05) is 25.7 Å². The zero-order valence-electron chi connectivity index (χ0n) is 13.0. The molecule has 3 rings (SSSR count). The number of ether oxygens (including phenoxy) is 1. The summed E-state index contributed by atoms with van der Waals surface area (Å²) in [6.07, 6.45) is 0. The van der Waals surface area contributed by atoms with Crippen LogP contribution < -0.4 is 10.0 Å². The molecule has 2 heterocycles. The average Bonchev–Trinajstić information content (AvgIpc) is 3.00. The highest BCUT2D eigenvalue weighted by atomic mass is 32.2. The number of sulfonamides is 1. The standard InChI is InChI=1S/C15H21N3O4S/c1-11-7-16-4-5-18(11)15(19)8-17-23(20,21)14-3-2-12-9-22-10-13(12)6-14/h2-3,6,11,16-17H,4-5,7-10H2,1H3/t11-/m0/s1. The quantitative estimate of drug-likeness (QED) is 0.794. The molecule has 1 atom stereocenters. The molecule has 1 saturated heterocycles. The van der Waals surface area contributed by atoms with Crippen molar-refractivity contribution in [1.82, 2.24) is 14.9 Å². The minimum Gasteiger partial charge on any atom is -0.372 e. The van der Waals surface area contributed by atoms with E-state index in [4.69, 9.17) is 4.74 Å². The van der Waals surface area contributed by atoms with Gasteiger partial charge in [-0.25, -0.2) is 13.1 Å². The molecule has 0 aromatic heterocycles. The third-order valence-electron chi connectivity index (χ3n) is 4.24. The Morgan fingerprint density at radius 1 is 1.39 bits per heavy atom. The van der Waals surface area contributed by atoms with Crippen molar-refractivity contribution in [1.29, 1.82) is 0 Å². The Hall–Kier alpha value is -1.48. The molecule has 1 aromatic rings. The minimum atomic E-state index is -3.70. The zero-order valence-corrected chi connectivity index (χ0v) is 13.9. The molecule has 1 aromatic carbocycles. The number of hydrogen-bond acceptors (Lipinski definition) is 5. The Balaban J connectivity index is 1.65. The fourth-order valence-electron chi connectivity index (χ4n) is 2.87. The molecule has 2 N–H and O–H groups in total. The Labute approximate surface area is 136 Å². The molecule has 1 fully saturated rings. The maximum Gasteiger partial charge on any atom is 0.241 e. The van der Waals surface area contributed by atoms with Crippen molar-refractivity contribution >= 4 is 15.9 Å². The van der Waals surface area contributed by atoms with Crippen LogP contribution in [0.5, 0.6) is 0 Å². The van der Waals surface area contributed by atoms with Crippen molar-refractivity contribution < 1.29 is 17.9 Å². The zero-order chi connectivity index (χ0) is 16.4. The minimum absolute atomic E-state index is 0.0675. The summed E-state index contributed by atoms with van der Waals surface area (Å²) < 4.78 is 32.4. The number of nitrogens with one attached hydrogen (secondary N) is 2. The van der Waals surface area contributed by atoms with Gasteiger partial charge in [-0.3, -0.25) is 4.79 Å².